The summed E-state index contributed by atoms with van der Waals surface area (Å²) in [6, 6.07) is 5.24. The van der Waals surface area contributed by atoms with Crippen molar-refractivity contribution in [1.29, 1.82) is 0 Å². The summed E-state index contributed by atoms with van der Waals surface area (Å²) in [6.07, 6.45) is 6.42. The van der Waals surface area contributed by atoms with Crippen molar-refractivity contribution in [3.05, 3.63) is 28.8 Å². The zero-order valence-electron chi connectivity index (χ0n) is 10.7. The predicted molar refractivity (Wildman–Crippen MR) is 73.5 cm³/mol. The molecule has 0 saturated heterocycles. The number of benzene rings is 1. The summed E-state index contributed by atoms with van der Waals surface area (Å²) in [5.74, 6) is 1.29. The van der Waals surface area contributed by atoms with Gasteiger partial charge in [-0.15, -0.1) is 0 Å². The van der Waals surface area contributed by atoms with E-state index in [0.29, 0.717) is 28.9 Å². The molecular weight excluding hydrogens is 248 g/mol. The van der Waals surface area contributed by atoms with Gasteiger partial charge in [0, 0.05) is 5.02 Å². The summed E-state index contributed by atoms with van der Waals surface area (Å²) in [5, 5.41) is 0.574. The average Bonchev–Trinajstić information content (AvgIpc) is 2.38. The fraction of sp³-hybridized carbons (Fsp3) is 0.533. The molecule has 0 amide bonds. The smallest absolute Gasteiger partial charge is 0.163 e. The van der Waals surface area contributed by atoms with Crippen molar-refractivity contribution in [3.63, 3.8) is 0 Å². The second-order valence-electron chi connectivity index (χ2n) is 5.01. The molecule has 0 N–H and O–H groups in total. The number of hydrogen-bond acceptors (Lipinski definition) is 2. The van der Waals surface area contributed by atoms with Crippen molar-refractivity contribution in [1.82, 2.24) is 0 Å². The molecule has 1 aromatic rings. The first-order valence-electron chi connectivity index (χ1n) is 6.60. The Morgan fingerprint density at radius 1 is 1.33 bits per heavy atom. The Hall–Kier alpha value is -1.02. The van der Waals surface area contributed by atoms with Crippen LogP contribution in [0.4, 0.5) is 0 Å². The van der Waals surface area contributed by atoms with E-state index in [1.165, 1.54) is 32.1 Å². The normalized spacial score (nSPS) is 16.6. The van der Waals surface area contributed by atoms with Crippen molar-refractivity contribution in [2.75, 3.05) is 6.61 Å². The zero-order chi connectivity index (χ0) is 13.0. The van der Waals surface area contributed by atoms with E-state index in [4.69, 9.17) is 16.3 Å². The highest BCUT2D eigenvalue weighted by Crippen LogP contribution is 2.27. The highest BCUT2D eigenvalue weighted by atomic mass is 35.5. The fourth-order valence-corrected chi connectivity index (χ4v) is 2.64. The maximum atomic E-state index is 11.5. The van der Waals surface area contributed by atoms with Gasteiger partial charge in [0.2, 0.25) is 0 Å². The Bertz CT molecular complexity index is 423. The molecule has 0 unspecified atom stereocenters. The third-order valence-electron chi connectivity index (χ3n) is 3.52. The van der Waals surface area contributed by atoms with Crippen LogP contribution in [0.5, 0.6) is 5.75 Å². The highest BCUT2D eigenvalue weighted by molar-refractivity contribution is 6.31. The van der Waals surface area contributed by atoms with Crippen LogP contribution in [0.15, 0.2) is 18.2 Å². The third kappa shape index (κ3) is 3.49. The van der Waals surface area contributed by atoms with Gasteiger partial charge in [-0.3, -0.25) is 4.79 Å². The number of rotatable bonds is 4. The SMILES string of the molecule is CC(=O)c1cc(Cl)ccc1OCC1CCCCC1. The van der Waals surface area contributed by atoms with Crippen LogP contribution in [-0.4, -0.2) is 12.4 Å². The van der Waals surface area contributed by atoms with Gasteiger partial charge in [0.05, 0.1) is 12.2 Å². The molecule has 3 heteroatoms. The molecule has 1 aliphatic rings. The maximum Gasteiger partial charge on any atom is 0.163 e. The van der Waals surface area contributed by atoms with Crippen LogP contribution in [0.25, 0.3) is 0 Å². The number of halogens is 1. The number of Topliss-reactive ketones (excluding diaryl/α,β-unsaturated/α-hetero) is 1. The maximum absolute atomic E-state index is 11.5. The first-order chi connectivity index (χ1) is 8.66. The molecule has 0 atom stereocenters. The van der Waals surface area contributed by atoms with E-state index in [-0.39, 0.29) is 5.78 Å². The summed E-state index contributed by atoms with van der Waals surface area (Å²) in [4.78, 5) is 11.5. The van der Waals surface area contributed by atoms with Gasteiger partial charge in [-0.05, 0) is 43.9 Å². The van der Waals surface area contributed by atoms with E-state index >= 15 is 0 Å². The molecule has 0 radical (unpaired) electrons. The van der Waals surface area contributed by atoms with E-state index in [1.54, 1.807) is 25.1 Å². The highest BCUT2D eigenvalue weighted by Gasteiger charge is 2.16. The van der Waals surface area contributed by atoms with Crippen LogP contribution in [0.2, 0.25) is 5.02 Å². The van der Waals surface area contributed by atoms with Gasteiger partial charge in [0.25, 0.3) is 0 Å². The minimum atomic E-state index is -0.00357. The second-order valence-corrected chi connectivity index (χ2v) is 5.45. The molecule has 0 spiro atoms. The molecule has 2 rings (SSSR count). The van der Waals surface area contributed by atoms with E-state index in [2.05, 4.69) is 0 Å². The Labute approximate surface area is 113 Å². The van der Waals surface area contributed by atoms with Crippen LogP contribution in [0.3, 0.4) is 0 Å². The van der Waals surface area contributed by atoms with Gasteiger partial charge in [-0.25, -0.2) is 0 Å². The molecule has 0 aliphatic heterocycles. The van der Waals surface area contributed by atoms with Crippen LogP contribution in [0, 0.1) is 5.92 Å². The lowest BCUT2D eigenvalue weighted by molar-refractivity contribution is 0.101. The Kier molecular flexibility index (Phi) is 4.65. The molecule has 1 aliphatic carbocycles. The van der Waals surface area contributed by atoms with Gasteiger partial charge in [0.1, 0.15) is 5.75 Å². The van der Waals surface area contributed by atoms with Gasteiger partial charge < -0.3 is 4.74 Å². The molecule has 0 bridgehead atoms. The summed E-state index contributed by atoms with van der Waals surface area (Å²) >= 11 is 5.90. The lowest BCUT2D eigenvalue weighted by Gasteiger charge is -2.22. The largest absolute Gasteiger partial charge is 0.493 e. The summed E-state index contributed by atoms with van der Waals surface area (Å²) < 4.78 is 5.81. The first kappa shape index (κ1) is 13.4. The molecule has 1 aromatic carbocycles. The molecular formula is C15H19ClO2. The second kappa shape index (κ2) is 6.24. The van der Waals surface area contributed by atoms with Crippen LogP contribution < -0.4 is 4.74 Å². The van der Waals surface area contributed by atoms with Crippen molar-refractivity contribution in [2.45, 2.75) is 39.0 Å². The number of carbonyl (C=O) groups is 1. The van der Waals surface area contributed by atoms with Gasteiger partial charge in [0.15, 0.2) is 5.78 Å². The number of hydrogen-bond donors (Lipinski definition) is 0. The molecule has 1 saturated carbocycles. The van der Waals surface area contributed by atoms with Crippen molar-refractivity contribution < 1.29 is 9.53 Å². The first-order valence-corrected chi connectivity index (χ1v) is 6.98. The zero-order valence-corrected chi connectivity index (χ0v) is 11.5. The minimum Gasteiger partial charge on any atom is -0.493 e. The minimum absolute atomic E-state index is 0.00357. The Balaban J connectivity index is 2.01. The summed E-state index contributed by atoms with van der Waals surface area (Å²) in [7, 11) is 0. The number of ketones is 1. The van der Waals surface area contributed by atoms with E-state index in [1.807, 2.05) is 0 Å². The van der Waals surface area contributed by atoms with Crippen molar-refractivity contribution >= 4 is 17.4 Å². The molecule has 1 fully saturated rings. The molecule has 0 aromatic heterocycles. The topological polar surface area (TPSA) is 26.3 Å². The molecule has 98 valence electrons. The number of ether oxygens (including phenoxy) is 1. The van der Waals surface area contributed by atoms with Crippen LogP contribution in [0.1, 0.15) is 49.4 Å². The Morgan fingerprint density at radius 2 is 2.06 bits per heavy atom. The summed E-state index contributed by atoms with van der Waals surface area (Å²) in [6.45, 7) is 2.25. The lowest BCUT2D eigenvalue weighted by Crippen LogP contribution is -2.16. The monoisotopic (exact) mass is 266 g/mol. The lowest BCUT2D eigenvalue weighted by atomic mass is 9.90. The summed E-state index contributed by atoms with van der Waals surface area (Å²) in [5.41, 5.74) is 0.582. The van der Waals surface area contributed by atoms with E-state index in [0.717, 1.165) is 0 Å². The average molecular weight is 267 g/mol. The van der Waals surface area contributed by atoms with Crippen molar-refractivity contribution in [2.24, 2.45) is 5.92 Å². The molecule has 18 heavy (non-hydrogen) atoms. The van der Waals surface area contributed by atoms with E-state index in [9.17, 15) is 4.79 Å². The molecule has 2 nitrogen and oxygen atoms in total. The standard InChI is InChI=1S/C15H19ClO2/c1-11(17)14-9-13(16)7-8-15(14)18-10-12-5-3-2-4-6-12/h7-9,12H,2-6,10H2,1H3. The molecule has 0 heterocycles. The fourth-order valence-electron chi connectivity index (χ4n) is 2.46. The predicted octanol–water partition coefficient (Wildman–Crippen LogP) is 4.50. The third-order valence-corrected chi connectivity index (χ3v) is 3.76. The van der Waals surface area contributed by atoms with Gasteiger partial charge in [-0.1, -0.05) is 30.9 Å². The van der Waals surface area contributed by atoms with Crippen LogP contribution >= 0.6 is 11.6 Å². The van der Waals surface area contributed by atoms with Gasteiger partial charge in [-0.2, -0.15) is 0 Å². The Morgan fingerprint density at radius 3 is 2.72 bits per heavy atom. The quantitative estimate of drug-likeness (QED) is 0.750. The van der Waals surface area contributed by atoms with E-state index < -0.39 is 0 Å². The van der Waals surface area contributed by atoms with Crippen LogP contribution in [-0.2, 0) is 0 Å². The van der Waals surface area contributed by atoms with Gasteiger partial charge >= 0.3 is 0 Å². The van der Waals surface area contributed by atoms with Crippen molar-refractivity contribution in [3.8, 4) is 5.75 Å². The number of carbonyl (C=O) groups excluding carboxylic acids is 1.